The van der Waals surface area contributed by atoms with Crippen LogP contribution in [0, 0.1) is 3.57 Å². The van der Waals surface area contributed by atoms with Gasteiger partial charge in [-0.2, -0.15) is 0 Å². The Hall–Kier alpha value is -2.52. The van der Waals surface area contributed by atoms with E-state index in [1.54, 1.807) is 11.5 Å². The van der Waals surface area contributed by atoms with Gasteiger partial charge in [-0.05, 0) is 58.9 Å². The van der Waals surface area contributed by atoms with Crippen molar-refractivity contribution in [1.82, 2.24) is 4.57 Å². The van der Waals surface area contributed by atoms with Crippen molar-refractivity contribution in [3.05, 3.63) is 100 Å². The van der Waals surface area contributed by atoms with Crippen LogP contribution < -0.4 is 14.9 Å². The van der Waals surface area contributed by atoms with Crippen LogP contribution in [0.4, 0.5) is 0 Å². The fraction of sp³-hybridized carbons (Fsp3) is 0.136. The molecule has 29 heavy (non-hydrogen) atoms. The Labute approximate surface area is 184 Å². The van der Waals surface area contributed by atoms with Crippen molar-refractivity contribution < 1.29 is 9.53 Å². The first kappa shape index (κ1) is 19.8. The van der Waals surface area contributed by atoms with Crippen molar-refractivity contribution in [2.24, 2.45) is 4.99 Å². The molecule has 1 aliphatic rings. The molecular weight excluding hydrogens is 499 g/mol. The topological polar surface area (TPSA) is 60.7 Å². The molecule has 2 aromatic carbocycles. The lowest BCUT2D eigenvalue weighted by Crippen LogP contribution is -2.39. The molecular formula is C22H17IN2O3S. The fourth-order valence-electron chi connectivity index (χ4n) is 3.39. The van der Waals surface area contributed by atoms with E-state index >= 15 is 0 Å². The van der Waals surface area contributed by atoms with Gasteiger partial charge in [0.15, 0.2) is 4.80 Å². The molecule has 0 amide bonds. The lowest BCUT2D eigenvalue weighted by atomic mass is 9.96. The Morgan fingerprint density at radius 2 is 1.97 bits per heavy atom. The van der Waals surface area contributed by atoms with Gasteiger partial charge in [-0.15, -0.1) is 0 Å². The third kappa shape index (κ3) is 3.72. The summed E-state index contributed by atoms with van der Waals surface area (Å²) in [5.74, 6) is -0.480. The normalized spacial score (nSPS) is 16.4. The van der Waals surface area contributed by atoms with Crippen LogP contribution in [0.1, 0.15) is 24.1 Å². The Morgan fingerprint density at radius 3 is 2.66 bits per heavy atom. The summed E-state index contributed by atoms with van der Waals surface area (Å²) in [4.78, 5) is 31.0. The first-order valence-corrected chi connectivity index (χ1v) is 10.8. The van der Waals surface area contributed by atoms with Crippen LogP contribution in [0.15, 0.2) is 75.7 Å². The quantitative estimate of drug-likeness (QED) is 0.398. The van der Waals surface area contributed by atoms with Gasteiger partial charge in [0.05, 0.1) is 29.0 Å². The van der Waals surface area contributed by atoms with E-state index in [-0.39, 0.29) is 5.56 Å². The number of hydrogen-bond acceptors (Lipinski definition) is 5. The molecule has 0 bridgehead atoms. The Morgan fingerprint density at radius 1 is 1.21 bits per heavy atom. The number of hydrogen-bond donors (Lipinski definition) is 0. The number of fused-ring (bicyclic) bond motifs is 1. The highest BCUT2D eigenvalue weighted by Crippen LogP contribution is 2.30. The van der Waals surface area contributed by atoms with Gasteiger partial charge in [0.1, 0.15) is 0 Å². The lowest BCUT2D eigenvalue weighted by molar-refractivity contribution is -0.136. The van der Waals surface area contributed by atoms with E-state index in [0.29, 0.717) is 20.6 Å². The number of allylic oxidation sites excluding steroid dienone is 1. The average Bonchev–Trinajstić information content (AvgIpc) is 3.02. The van der Waals surface area contributed by atoms with Gasteiger partial charge >= 0.3 is 5.97 Å². The number of carbonyl (C=O) groups is 1. The molecule has 7 heteroatoms. The summed E-state index contributed by atoms with van der Waals surface area (Å²) < 4.78 is 8.27. The minimum Gasteiger partial charge on any atom is -0.466 e. The molecule has 0 saturated carbocycles. The highest BCUT2D eigenvalue weighted by Gasteiger charge is 2.32. The minimum absolute atomic E-state index is 0.171. The molecule has 5 nitrogen and oxygen atoms in total. The van der Waals surface area contributed by atoms with Crippen molar-refractivity contribution in [2.75, 3.05) is 7.11 Å². The highest BCUT2D eigenvalue weighted by atomic mass is 127. The molecule has 0 unspecified atom stereocenters. The Kier molecular flexibility index (Phi) is 5.51. The van der Waals surface area contributed by atoms with Crippen LogP contribution in [0.3, 0.4) is 0 Å². The molecule has 1 atom stereocenters. The van der Waals surface area contributed by atoms with Gasteiger partial charge in [-0.25, -0.2) is 9.79 Å². The molecule has 1 aromatic heterocycles. The van der Waals surface area contributed by atoms with Gasteiger partial charge in [0, 0.05) is 3.57 Å². The number of halogens is 1. The fourth-order valence-corrected chi connectivity index (χ4v) is 5.00. The van der Waals surface area contributed by atoms with Gasteiger partial charge in [0.2, 0.25) is 0 Å². The van der Waals surface area contributed by atoms with Crippen LogP contribution in [-0.4, -0.2) is 17.6 Å². The summed E-state index contributed by atoms with van der Waals surface area (Å²) in [7, 11) is 1.34. The molecule has 2 heterocycles. The van der Waals surface area contributed by atoms with E-state index in [0.717, 1.165) is 14.7 Å². The number of thiazole rings is 1. The van der Waals surface area contributed by atoms with Gasteiger partial charge in [-0.1, -0.05) is 53.8 Å². The number of ether oxygens (including phenoxy) is 1. The zero-order valence-electron chi connectivity index (χ0n) is 15.8. The Balaban J connectivity index is 1.98. The number of nitrogens with zero attached hydrogens (tertiary/aromatic N) is 2. The monoisotopic (exact) mass is 516 g/mol. The van der Waals surface area contributed by atoms with Crippen molar-refractivity contribution in [3.63, 3.8) is 0 Å². The second-order valence-corrected chi connectivity index (χ2v) is 8.79. The van der Waals surface area contributed by atoms with E-state index in [1.165, 1.54) is 18.4 Å². The van der Waals surface area contributed by atoms with Crippen molar-refractivity contribution >= 4 is 46.0 Å². The van der Waals surface area contributed by atoms with Crippen LogP contribution in [0.2, 0.25) is 0 Å². The van der Waals surface area contributed by atoms with Crippen LogP contribution in [0.25, 0.3) is 6.08 Å². The maximum atomic E-state index is 13.4. The van der Waals surface area contributed by atoms with Crippen molar-refractivity contribution in [2.45, 2.75) is 13.0 Å². The molecule has 0 spiro atoms. The van der Waals surface area contributed by atoms with E-state index < -0.39 is 12.0 Å². The summed E-state index contributed by atoms with van der Waals surface area (Å²) in [5, 5.41) is 0. The highest BCUT2D eigenvalue weighted by molar-refractivity contribution is 14.1. The van der Waals surface area contributed by atoms with E-state index in [2.05, 4.69) is 27.6 Å². The SMILES string of the molecule is COC(=O)C1=C(C)N=c2s/c(=C/c3cccc(I)c3)c(=O)n2[C@@H]1c1ccccc1. The van der Waals surface area contributed by atoms with Gasteiger partial charge in [0.25, 0.3) is 5.56 Å². The number of aromatic nitrogens is 1. The first-order valence-electron chi connectivity index (χ1n) is 8.91. The average molecular weight is 516 g/mol. The number of esters is 1. The number of rotatable bonds is 3. The molecule has 3 aromatic rings. The van der Waals surface area contributed by atoms with E-state index in [4.69, 9.17) is 4.74 Å². The first-order chi connectivity index (χ1) is 14.0. The van der Waals surface area contributed by atoms with Crippen LogP contribution >= 0.6 is 33.9 Å². The van der Waals surface area contributed by atoms with Crippen molar-refractivity contribution in [3.8, 4) is 0 Å². The zero-order valence-corrected chi connectivity index (χ0v) is 18.7. The van der Waals surface area contributed by atoms with Crippen LogP contribution in [0.5, 0.6) is 0 Å². The molecule has 0 aliphatic carbocycles. The summed E-state index contributed by atoms with van der Waals surface area (Å²) in [6.45, 7) is 1.78. The zero-order chi connectivity index (χ0) is 20.5. The number of carbonyl (C=O) groups excluding carboxylic acids is 1. The smallest absolute Gasteiger partial charge is 0.338 e. The third-order valence-corrected chi connectivity index (χ3v) is 6.34. The molecule has 4 rings (SSSR count). The van der Waals surface area contributed by atoms with Gasteiger partial charge in [-0.3, -0.25) is 9.36 Å². The largest absolute Gasteiger partial charge is 0.466 e. The maximum Gasteiger partial charge on any atom is 0.338 e. The number of benzene rings is 2. The predicted octanol–water partition coefficient (Wildman–Crippen LogP) is 3.01. The lowest BCUT2D eigenvalue weighted by Gasteiger charge is -2.24. The van der Waals surface area contributed by atoms with Gasteiger partial charge < -0.3 is 4.74 Å². The molecule has 146 valence electrons. The Bertz CT molecular complexity index is 1310. The maximum absolute atomic E-state index is 13.4. The molecule has 0 radical (unpaired) electrons. The van der Waals surface area contributed by atoms with Crippen molar-refractivity contribution in [1.29, 1.82) is 0 Å². The minimum atomic E-state index is -0.571. The summed E-state index contributed by atoms with van der Waals surface area (Å²) in [5.41, 5.74) is 2.56. The molecule has 0 saturated heterocycles. The molecule has 0 fully saturated rings. The van der Waals surface area contributed by atoms with Crippen LogP contribution in [-0.2, 0) is 9.53 Å². The standard InChI is InChI=1S/C22H17IN2O3S/c1-13-18(21(27)28-2)19(15-8-4-3-5-9-15)25-20(26)17(29-22(25)24-13)12-14-7-6-10-16(23)11-14/h3-12,19H,1-2H3/b17-12+/t19-/m1/s1. The van der Waals surface area contributed by atoms with E-state index in [1.807, 2.05) is 60.7 Å². The second-order valence-electron chi connectivity index (χ2n) is 6.54. The third-order valence-electron chi connectivity index (χ3n) is 4.69. The predicted molar refractivity (Wildman–Crippen MR) is 121 cm³/mol. The van der Waals surface area contributed by atoms with E-state index in [9.17, 15) is 9.59 Å². The molecule has 0 N–H and O–H groups in total. The summed E-state index contributed by atoms with van der Waals surface area (Å²) in [6, 6.07) is 16.8. The summed E-state index contributed by atoms with van der Waals surface area (Å²) in [6.07, 6.45) is 1.87. The number of methoxy groups -OCH3 is 1. The second kappa shape index (κ2) is 8.08. The summed E-state index contributed by atoms with van der Waals surface area (Å²) >= 11 is 3.57. The molecule has 1 aliphatic heterocycles.